The van der Waals surface area contributed by atoms with E-state index in [-0.39, 0.29) is 11.8 Å². The second-order valence-electron chi connectivity index (χ2n) is 8.18. The minimum atomic E-state index is -1.40. The van der Waals surface area contributed by atoms with Gasteiger partial charge < -0.3 is 5.11 Å². The molecule has 0 amide bonds. The Morgan fingerprint density at radius 1 is 0.533 bits per heavy atom. The summed E-state index contributed by atoms with van der Waals surface area (Å²) >= 11 is 0. The Balaban J connectivity index is 1.64. The van der Waals surface area contributed by atoms with E-state index in [1.807, 2.05) is 48.5 Å². The molecule has 30 heavy (non-hydrogen) atoms. The summed E-state index contributed by atoms with van der Waals surface area (Å²) in [7, 11) is 0. The number of benzene rings is 4. The van der Waals surface area contributed by atoms with Crippen molar-refractivity contribution >= 4 is 0 Å². The van der Waals surface area contributed by atoms with Gasteiger partial charge in [-0.25, -0.2) is 0 Å². The van der Waals surface area contributed by atoms with Gasteiger partial charge in [0.25, 0.3) is 0 Å². The van der Waals surface area contributed by atoms with E-state index in [2.05, 4.69) is 54.5 Å². The highest BCUT2D eigenvalue weighted by Crippen LogP contribution is 2.58. The molecule has 4 aromatic carbocycles. The second kappa shape index (κ2) is 6.20. The van der Waals surface area contributed by atoms with Crippen LogP contribution in [0.4, 0.5) is 0 Å². The van der Waals surface area contributed by atoms with Gasteiger partial charge in [0.05, 0.1) is 11.8 Å². The molecule has 0 atom stereocenters. The van der Waals surface area contributed by atoms with Crippen molar-refractivity contribution in [3.05, 3.63) is 119 Å². The highest BCUT2D eigenvalue weighted by molar-refractivity contribution is 5.83. The molecule has 0 heterocycles. The summed E-state index contributed by atoms with van der Waals surface area (Å²) in [5.41, 5.74) is 7.63. The first-order valence-corrected chi connectivity index (χ1v) is 10.3. The summed E-state index contributed by atoms with van der Waals surface area (Å²) in [6.45, 7) is 0. The Morgan fingerprint density at radius 3 is 1.07 bits per heavy atom. The third-order valence-corrected chi connectivity index (χ3v) is 6.78. The maximum atomic E-state index is 12.4. The average molecular weight is 384 g/mol. The van der Waals surface area contributed by atoms with Crippen molar-refractivity contribution in [3.63, 3.8) is 0 Å². The van der Waals surface area contributed by atoms with Crippen LogP contribution in [0.25, 0.3) is 22.3 Å². The van der Waals surface area contributed by atoms with Crippen molar-refractivity contribution in [3.8, 4) is 34.6 Å². The third kappa shape index (κ3) is 2.12. The number of terminal acetylenes is 1. The zero-order chi connectivity index (χ0) is 20.3. The van der Waals surface area contributed by atoms with Gasteiger partial charge in [0, 0.05) is 0 Å². The number of rotatable bonds is 2. The molecule has 0 saturated heterocycles. The summed E-state index contributed by atoms with van der Waals surface area (Å²) in [5.74, 6) is 2.30. The minimum Gasteiger partial charge on any atom is -0.376 e. The summed E-state index contributed by atoms with van der Waals surface area (Å²) < 4.78 is 0. The van der Waals surface area contributed by atoms with Crippen LogP contribution in [-0.2, 0) is 0 Å². The molecule has 0 aromatic heterocycles. The molecule has 1 nitrogen and oxygen atoms in total. The lowest BCUT2D eigenvalue weighted by Crippen LogP contribution is -2.41. The van der Waals surface area contributed by atoms with Gasteiger partial charge in [-0.05, 0) is 44.5 Å². The smallest absolute Gasteiger partial charge is 0.146 e. The maximum Gasteiger partial charge on any atom is 0.146 e. The standard InChI is InChI=1S/C29H20O/c1-2-29(30,27-23-15-7-3-11-19(23)20-12-4-8-16-24(20)27)28-25-17-9-5-13-21(25)22-14-6-10-18-26(22)28/h1,3-18,27-28,30H. The number of aliphatic hydroxyl groups is 1. The van der Waals surface area contributed by atoms with Gasteiger partial charge in [-0.3, -0.25) is 0 Å². The van der Waals surface area contributed by atoms with Crippen LogP contribution in [0, 0.1) is 12.3 Å². The molecule has 0 bridgehead atoms. The summed E-state index contributed by atoms with van der Waals surface area (Å²) in [6.07, 6.45) is 6.20. The Hall–Kier alpha value is -3.60. The molecule has 1 N–H and O–H groups in total. The van der Waals surface area contributed by atoms with Crippen LogP contribution >= 0.6 is 0 Å². The topological polar surface area (TPSA) is 20.2 Å². The van der Waals surface area contributed by atoms with Crippen LogP contribution in [0.2, 0.25) is 0 Å². The highest BCUT2D eigenvalue weighted by Gasteiger charge is 2.51. The Bertz CT molecular complexity index is 1150. The van der Waals surface area contributed by atoms with Crippen molar-refractivity contribution in [2.45, 2.75) is 17.4 Å². The molecule has 0 unspecified atom stereocenters. The van der Waals surface area contributed by atoms with E-state index < -0.39 is 5.60 Å². The molecule has 2 aliphatic carbocycles. The SMILES string of the molecule is C#CC(O)(C1c2ccccc2-c2ccccc21)C1c2ccccc2-c2ccccc21. The van der Waals surface area contributed by atoms with E-state index in [1.165, 1.54) is 0 Å². The quantitative estimate of drug-likeness (QED) is 0.422. The monoisotopic (exact) mass is 384 g/mol. The van der Waals surface area contributed by atoms with Crippen molar-refractivity contribution in [1.82, 2.24) is 0 Å². The zero-order valence-electron chi connectivity index (χ0n) is 16.4. The molecule has 0 spiro atoms. The lowest BCUT2D eigenvalue weighted by molar-refractivity contribution is 0.0689. The molecular weight excluding hydrogens is 364 g/mol. The fraction of sp³-hybridized carbons (Fsp3) is 0.103. The molecule has 0 aliphatic heterocycles. The Labute approximate surface area is 176 Å². The van der Waals surface area contributed by atoms with E-state index in [0.29, 0.717) is 0 Å². The fourth-order valence-electron chi connectivity index (χ4n) is 5.59. The first-order chi connectivity index (χ1) is 14.7. The molecular formula is C29H20O. The van der Waals surface area contributed by atoms with E-state index in [0.717, 1.165) is 44.5 Å². The van der Waals surface area contributed by atoms with Gasteiger partial charge in [-0.15, -0.1) is 6.42 Å². The van der Waals surface area contributed by atoms with Gasteiger partial charge in [-0.1, -0.05) is 103 Å². The third-order valence-electron chi connectivity index (χ3n) is 6.78. The molecule has 2 aliphatic rings. The predicted octanol–water partition coefficient (Wildman–Crippen LogP) is 5.98. The first-order valence-electron chi connectivity index (χ1n) is 10.3. The minimum absolute atomic E-state index is 0.292. The largest absolute Gasteiger partial charge is 0.376 e. The predicted molar refractivity (Wildman–Crippen MR) is 121 cm³/mol. The Morgan fingerprint density at radius 2 is 0.800 bits per heavy atom. The summed E-state index contributed by atoms with van der Waals surface area (Å²) in [4.78, 5) is 0. The molecule has 0 fully saturated rings. The molecule has 6 rings (SSSR count). The van der Waals surface area contributed by atoms with Gasteiger partial charge in [-0.2, -0.15) is 0 Å². The summed E-state index contributed by atoms with van der Waals surface area (Å²) in [5, 5.41) is 12.4. The van der Waals surface area contributed by atoms with Gasteiger partial charge in [0.2, 0.25) is 0 Å². The number of hydrogen-bond acceptors (Lipinski definition) is 1. The van der Waals surface area contributed by atoms with Crippen molar-refractivity contribution < 1.29 is 5.11 Å². The van der Waals surface area contributed by atoms with E-state index >= 15 is 0 Å². The van der Waals surface area contributed by atoms with Crippen LogP contribution in [0.5, 0.6) is 0 Å². The van der Waals surface area contributed by atoms with Crippen LogP contribution in [0.15, 0.2) is 97.1 Å². The lowest BCUT2D eigenvalue weighted by Gasteiger charge is -2.37. The molecule has 0 saturated carbocycles. The van der Waals surface area contributed by atoms with Gasteiger partial charge in [0.15, 0.2) is 0 Å². The van der Waals surface area contributed by atoms with Crippen molar-refractivity contribution in [2.75, 3.05) is 0 Å². The zero-order valence-corrected chi connectivity index (χ0v) is 16.4. The Kier molecular flexibility index (Phi) is 3.57. The maximum absolute atomic E-state index is 12.4. The molecule has 4 aromatic rings. The number of fused-ring (bicyclic) bond motifs is 6. The average Bonchev–Trinajstić information content (AvgIpc) is 3.33. The van der Waals surface area contributed by atoms with Crippen LogP contribution in [-0.4, -0.2) is 10.7 Å². The number of hydrogen-bond donors (Lipinski definition) is 1. The first kappa shape index (κ1) is 17.3. The highest BCUT2D eigenvalue weighted by atomic mass is 16.3. The molecule has 0 radical (unpaired) electrons. The van der Waals surface area contributed by atoms with Crippen molar-refractivity contribution in [2.24, 2.45) is 0 Å². The van der Waals surface area contributed by atoms with E-state index in [9.17, 15) is 5.11 Å². The lowest BCUT2D eigenvalue weighted by atomic mass is 9.69. The van der Waals surface area contributed by atoms with Crippen LogP contribution in [0.1, 0.15) is 34.1 Å². The van der Waals surface area contributed by atoms with E-state index in [4.69, 9.17) is 6.42 Å². The molecule has 1 heteroatoms. The van der Waals surface area contributed by atoms with E-state index in [1.54, 1.807) is 0 Å². The normalized spacial score (nSPS) is 14.5. The summed E-state index contributed by atoms with van der Waals surface area (Å²) in [6, 6.07) is 33.3. The van der Waals surface area contributed by atoms with Crippen LogP contribution < -0.4 is 0 Å². The van der Waals surface area contributed by atoms with Crippen molar-refractivity contribution in [1.29, 1.82) is 0 Å². The van der Waals surface area contributed by atoms with Gasteiger partial charge in [0.1, 0.15) is 5.60 Å². The van der Waals surface area contributed by atoms with Gasteiger partial charge >= 0.3 is 0 Å². The molecule has 142 valence electrons. The second-order valence-corrected chi connectivity index (χ2v) is 8.18. The fourth-order valence-corrected chi connectivity index (χ4v) is 5.59. The van der Waals surface area contributed by atoms with Crippen LogP contribution in [0.3, 0.4) is 0 Å².